The number of fused-ring (bicyclic) bond motifs is 1. The zero-order valence-corrected chi connectivity index (χ0v) is 11.9. The number of nitrogen functional groups attached to an aromatic ring is 1. The van der Waals surface area contributed by atoms with Crippen molar-refractivity contribution in [1.82, 2.24) is 4.98 Å². The molecule has 1 heterocycles. The third-order valence-corrected chi connectivity index (χ3v) is 3.37. The van der Waals surface area contributed by atoms with Gasteiger partial charge in [0.1, 0.15) is 5.69 Å². The van der Waals surface area contributed by atoms with Crippen molar-refractivity contribution in [2.24, 2.45) is 0 Å². The highest BCUT2D eigenvalue weighted by Crippen LogP contribution is 2.32. The van der Waals surface area contributed by atoms with Crippen molar-refractivity contribution in [3.8, 4) is 0 Å². The summed E-state index contributed by atoms with van der Waals surface area (Å²) in [6, 6.07) is 11.0. The third-order valence-electron chi connectivity index (χ3n) is 3.37. The Hall–Kier alpha value is -2.62. The van der Waals surface area contributed by atoms with Crippen LogP contribution >= 0.6 is 0 Å². The van der Waals surface area contributed by atoms with Gasteiger partial charge < -0.3 is 11.1 Å². The lowest BCUT2D eigenvalue weighted by Crippen LogP contribution is -2.00. The molecule has 0 spiro atoms. The highest BCUT2D eigenvalue weighted by atomic mass is 19.1. The van der Waals surface area contributed by atoms with Crippen molar-refractivity contribution in [3.05, 3.63) is 59.5 Å². The van der Waals surface area contributed by atoms with Crippen molar-refractivity contribution in [2.45, 2.75) is 13.8 Å². The molecular weight excluding hydrogens is 265 g/mol. The van der Waals surface area contributed by atoms with Crippen molar-refractivity contribution in [3.63, 3.8) is 0 Å². The van der Waals surface area contributed by atoms with Gasteiger partial charge in [0.05, 0.1) is 5.52 Å². The maximum Gasteiger partial charge on any atom is 0.150 e. The molecule has 0 aliphatic rings. The summed E-state index contributed by atoms with van der Waals surface area (Å²) in [5, 5.41) is 3.87. The van der Waals surface area contributed by atoms with Gasteiger partial charge >= 0.3 is 0 Å². The molecule has 106 valence electrons. The number of hydrogen-bond donors (Lipinski definition) is 2. The van der Waals surface area contributed by atoms with Gasteiger partial charge in [-0.2, -0.15) is 0 Å². The van der Waals surface area contributed by atoms with E-state index in [9.17, 15) is 4.39 Å². The summed E-state index contributed by atoms with van der Waals surface area (Å²) in [7, 11) is 0. The maximum absolute atomic E-state index is 14.3. The fourth-order valence-corrected chi connectivity index (χ4v) is 2.55. The van der Waals surface area contributed by atoms with Gasteiger partial charge in [0, 0.05) is 23.0 Å². The van der Waals surface area contributed by atoms with Gasteiger partial charge in [-0.15, -0.1) is 0 Å². The topological polar surface area (TPSA) is 50.9 Å². The van der Waals surface area contributed by atoms with E-state index in [1.54, 1.807) is 12.3 Å². The van der Waals surface area contributed by atoms with Crippen LogP contribution in [-0.4, -0.2) is 4.98 Å². The summed E-state index contributed by atoms with van der Waals surface area (Å²) >= 11 is 0. The fraction of sp³-hybridized carbons (Fsp3) is 0.118. The first-order valence-corrected chi connectivity index (χ1v) is 6.72. The predicted molar refractivity (Wildman–Crippen MR) is 85.3 cm³/mol. The number of nitrogens with one attached hydrogen (secondary N) is 1. The highest BCUT2D eigenvalue weighted by molar-refractivity contribution is 5.99. The molecular formula is C17H16FN3. The largest absolute Gasteiger partial charge is 0.398 e. The van der Waals surface area contributed by atoms with E-state index in [0.717, 1.165) is 22.2 Å². The number of aryl methyl sites for hydroxylation is 2. The van der Waals surface area contributed by atoms with Gasteiger partial charge in [-0.3, -0.25) is 4.98 Å². The van der Waals surface area contributed by atoms with Crippen LogP contribution in [0.5, 0.6) is 0 Å². The second kappa shape index (κ2) is 5.05. The Balaban J connectivity index is 2.16. The minimum Gasteiger partial charge on any atom is -0.398 e. The van der Waals surface area contributed by atoms with Crippen molar-refractivity contribution < 1.29 is 4.39 Å². The summed E-state index contributed by atoms with van der Waals surface area (Å²) < 4.78 is 14.3. The van der Waals surface area contributed by atoms with E-state index >= 15 is 0 Å². The Labute approximate surface area is 122 Å². The second-order valence-corrected chi connectivity index (χ2v) is 5.22. The lowest BCUT2D eigenvalue weighted by Gasteiger charge is -2.13. The summed E-state index contributed by atoms with van der Waals surface area (Å²) in [6.07, 6.45) is 1.63. The molecule has 4 heteroatoms. The maximum atomic E-state index is 14.3. The molecule has 0 atom stereocenters. The van der Waals surface area contributed by atoms with Crippen molar-refractivity contribution in [2.75, 3.05) is 11.1 Å². The number of benzene rings is 2. The molecule has 0 amide bonds. The van der Waals surface area contributed by atoms with Gasteiger partial charge in [-0.25, -0.2) is 4.39 Å². The quantitative estimate of drug-likeness (QED) is 0.688. The molecule has 3 rings (SSSR count). The van der Waals surface area contributed by atoms with Crippen LogP contribution in [0.1, 0.15) is 11.1 Å². The van der Waals surface area contributed by atoms with Crippen LogP contribution in [0.4, 0.5) is 21.5 Å². The number of pyridine rings is 1. The van der Waals surface area contributed by atoms with E-state index in [2.05, 4.69) is 16.4 Å². The zero-order valence-electron chi connectivity index (χ0n) is 11.9. The van der Waals surface area contributed by atoms with Crippen LogP contribution in [-0.2, 0) is 0 Å². The molecule has 1 aromatic heterocycles. The van der Waals surface area contributed by atoms with E-state index in [1.807, 2.05) is 32.0 Å². The molecule has 0 fully saturated rings. The van der Waals surface area contributed by atoms with Crippen molar-refractivity contribution >= 4 is 28.0 Å². The van der Waals surface area contributed by atoms with Gasteiger partial charge in [-0.05, 0) is 55.3 Å². The second-order valence-electron chi connectivity index (χ2n) is 5.22. The number of nitrogens with zero attached hydrogens (tertiary/aromatic N) is 1. The normalized spacial score (nSPS) is 10.8. The van der Waals surface area contributed by atoms with Crippen LogP contribution in [0.3, 0.4) is 0 Å². The SMILES string of the molecule is Cc1cc(C)cc(Nc2c(F)cc(N)c3cccnc23)c1. The predicted octanol–water partition coefficient (Wildman–Crippen LogP) is 4.32. The first-order chi connectivity index (χ1) is 10.0. The average Bonchev–Trinajstić information content (AvgIpc) is 2.42. The Morgan fingerprint density at radius 3 is 2.52 bits per heavy atom. The number of hydrogen-bond acceptors (Lipinski definition) is 3. The molecule has 0 saturated heterocycles. The molecule has 3 nitrogen and oxygen atoms in total. The minimum atomic E-state index is -0.405. The van der Waals surface area contributed by atoms with E-state index in [1.165, 1.54) is 6.07 Å². The van der Waals surface area contributed by atoms with Crippen LogP contribution in [0.2, 0.25) is 0 Å². The Morgan fingerprint density at radius 1 is 1.10 bits per heavy atom. The first-order valence-electron chi connectivity index (χ1n) is 6.72. The minimum absolute atomic E-state index is 0.352. The van der Waals surface area contributed by atoms with Crippen molar-refractivity contribution in [1.29, 1.82) is 0 Å². The van der Waals surface area contributed by atoms with Crippen LogP contribution in [0.15, 0.2) is 42.6 Å². The summed E-state index contributed by atoms with van der Waals surface area (Å²) in [5.41, 5.74) is 10.2. The molecule has 21 heavy (non-hydrogen) atoms. The lowest BCUT2D eigenvalue weighted by molar-refractivity contribution is 0.634. The molecule has 0 aliphatic heterocycles. The Kier molecular flexibility index (Phi) is 3.22. The summed E-state index contributed by atoms with van der Waals surface area (Å²) in [5.74, 6) is -0.405. The van der Waals surface area contributed by atoms with Crippen LogP contribution in [0.25, 0.3) is 10.9 Å². The molecule has 0 bridgehead atoms. The van der Waals surface area contributed by atoms with E-state index in [0.29, 0.717) is 16.9 Å². The van der Waals surface area contributed by atoms with Gasteiger partial charge in [-0.1, -0.05) is 6.07 Å². The van der Waals surface area contributed by atoms with Crippen LogP contribution in [0, 0.1) is 19.7 Å². The molecule has 0 unspecified atom stereocenters. The number of nitrogens with two attached hydrogens (primary N) is 1. The number of aromatic nitrogens is 1. The molecule has 0 aliphatic carbocycles. The fourth-order valence-electron chi connectivity index (χ4n) is 2.55. The summed E-state index contributed by atoms with van der Waals surface area (Å²) in [4.78, 5) is 4.26. The van der Waals surface area contributed by atoms with Gasteiger partial charge in [0.2, 0.25) is 0 Å². The standard InChI is InChI=1S/C17H16FN3/c1-10-6-11(2)8-12(7-10)21-17-14(18)9-15(19)13-4-3-5-20-16(13)17/h3-9,21H,19H2,1-2H3. The smallest absolute Gasteiger partial charge is 0.150 e. The molecule has 0 radical (unpaired) electrons. The highest BCUT2D eigenvalue weighted by Gasteiger charge is 2.12. The molecule has 3 N–H and O–H groups in total. The lowest BCUT2D eigenvalue weighted by atomic mass is 10.1. The van der Waals surface area contributed by atoms with Crippen LogP contribution < -0.4 is 11.1 Å². The number of rotatable bonds is 2. The van der Waals surface area contributed by atoms with E-state index in [-0.39, 0.29) is 0 Å². The Bertz CT molecular complexity index is 807. The number of anilines is 3. The molecule has 2 aromatic carbocycles. The monoisotopic (exact) mass is 281 g/mol. The first kappa shape index (κ1) is 13.4. The summed E-state index contributed by atoms with van der Waals surface area (Å²) in [6.45, 7) is 4.02. The third kappa shape index (κ3) is 2.52. The zero-order chi connectivity index (χ0) is 15.0. The van der Waals surface area contributed by atoms with Gasteiger partial charge in [0.15, 0.2) is 5.82 Å². The van der Waals surface area contributed by atoms with E-state index < -0.39 is 5.82 Å². The molecule has 0 saturated carbocycles. The number of halogens is 1. The Morgan fingerprint density at radius 2 is 1.81 bits per heavy atom. The average molecular weight is 281 g/mol. The molecule has 3 aromatic rings. The van der Waals surface area contributed by atoms with E-state index in [4.69, 9.17) is 5.73 Å². The van der Waals surface area contributed by atoms with Gasteiger partial charge in [0.25, 0.3) is 0 Å².